The number of nitrogens with one attached hydrogen (secondary N) is 2. The molecule has 1 spiro atoms. The lowest BCUT2D eigenvalue weighted by Gasteiger charge is -2.47. The molecule has 0 unspecified atom stereocenters. The fourth-order valence-corrected chi connectivity index (χ4v) is 9.67. The standard InChI is InChI=1S/C45H60N6O9S2/c1-2-39-47-37(30-61-39)43(55)51-25-29-60-45(31-51)16-22-49(23-17-45)21-13-34-6-8-35(9-7-34)14-27-57-28-15-40(54)50(20-4-3-5-26-58-32-52)24-19-46-18-12-36-10-11-38(59-33-53)41-42(36)62-44(56)48-41/h6-11,30,32-33,46H,2-5,12-29,31H2,1H3,(H,48,56). The van der Waals surface area contributed by atoms with Gasteiger partial charge in [-0.25, -0.2) is 4.98 Å². The Kier molecular flexibility index (Phi) is 18.5. The molecule has 0 saturated carbocycles. The van der Waals surface area contributed by atoms with E-state index in [-0.39, 0.29) is 22.3 Å². The van der Waals surface area contributed by atoms with Gasteiger partial charge in [-0.15, -0.1) is 11.3 Å². The van der Waals surface area contributed by atoms with Gasteiger partial charge in [0.25, 0.3) is 18.9 Å². The minimum absolute atomic E-state index is 0.0194. The first kappa shape index (κ1) is 47.0. The second-order valence-electron chi connectivity index (χ2n) is 15.8. The van der Waals surface area contributed by atoms with Gasteiger partial charge in [0.2, 0.25) is 5.91 Å². The molecule has 6 rings (SSSR count). The molecular formula is C45H60N6O9S2. The highest BCUT2D eigenvalue weighted by Gasteiger charge is 2.41. The third-order valence-electron chi connectivity index (χ3n) is 11.6. The zero-order chi connectivity index (χ0) is 43.6. The summed E-state index contributed by atoms with van der Waals surface area (Å²) in [7, 11) is 0. The number of carbonyl (C=O) groups excluding carboxylic acids is 4. The number of unbranched alkanes of at least 4 members (excludes halogenated alkanes) is 2. The third-order valence-corrected chi connectivity index (χ3v) is 13.6. The van der Waals surface area contributed by atoms with E-state index in [0.29, 0.717) is 108 Å². The van der Waals surface area contributed by atoms with E-state index in [9.17, 15) is 24.0 Å². The summed E-state index contributed by atoms with van der Waals surface area (Å²) in [6, 6.07) is 12.3. The summed E-state index contributed by atoms with van der Waals surface area (Å²) in [5.41, 5.74) is 4.26. The Hall–Kier alpha value is -4.52. The van der Waals surface area contributed by atoms with Crippen LogP contribution in [0.15, 0.2) is 46.6 Å². The van der Waals surface area contributed by atoms with Crippen molar-refractivity contribution in [3.05, 3.63) is 78.8 Å². The molecule has 17 heteroatoms. The van der Waals surface area contributed by atoms with Gasteiger partial charge in [-0.2, -0.15) is 0 Å². The van der Waals surface area contributed by atoms with Crippen molar-refractivity contribution in [1.29, 1.82) is 0 Å². The van der Waals surface area contributed by atoms with Gasteiger partial charge >= 0.3 is 4.87 Å². The second-order valence-corrected chi connectivity index (χ2v) is 17.7. The third kappa shape index (κ3) is 13.7. The second kappa shape index (κ2) is 24.4. The van der Waals surface area contributed by atoms with Crippen LogP contribution >= 0.6 is 22.7 Å². The zero-order valence-electron chi connectivity index (χ0n) is 35.7. The molecule has 336 valence electrons. The van der Waals surface area contributed by atoms with Crippen LogP contribution in [0.2, 0.25) is 0 Å². The number of morpholine rings is 1. The Morgan fingerprint density at radius 2 is 1.76 bits per heavy atom. The van der Waals surface area contributed by atoms with E-state index >= 15 is 0 Å². The fraction of sp³-hybridized carbons (Fsp3) is 0.556. The summed E-state index contributed by atoms with van der Waals surface area (Å²) in [5, 5.41) is 6.29. The molecule has 2 aromatic heterocycles. The number of piperidine rings is 1. The van der Waals surface area contributed by atoms with Gasteiger partial charge in [0.15, 0.2) is 5.75 Å². The number of likely N-dealkylation sites (tertiary alicyclic amines) is 1. The van der Waals surface area contributed by atoms with Crippen molar-refractivity contribution in [3.63, 3.8) is 0 Å². The molecule has 2 aliphatic rings. The molecule has 2 aliphatic heterocycles. The number of amides is 2. The van der Waals surface area contributed by atoms with E-state index in [1.54, 1.807) is 17.4 Å². The van der Waals surface area contributed by atoms with Crippen LogP contribution in [0.4, 0.5) is 0 Å². The predicted octanol–water partition coefficient (Wildman–Crippen LogP) is 4.65. The Bertz CT molecular complexity index is 2100. The van der Waals surface area contributed by atoms with E-state index in [0.717, 1.165) is 97.6 Å². The highest BCUT2D eigenvalue weighted by Crippen LogP contribution is 2.32. The van der Waals surface area contributed by atoms with Crippen molar-refractivity contribution in [2.75, 3.05) is 85.3 Å². The van der Waals surface area contributed by atoms with Crippen LogP contribution in [-0.4, -0.2) is 140 Å². The van der Waals surface area contributed by atoms with Crippen LogP contribution in [0.25, 0.3) is 10.2 Å². The number of aromatic amines is 1. The van der Waals surface area contributed by atoms with Gasteiger partial charge < -0.3 is 43.9 Å². The van der Waals surface area contributed by atoms with Gasteiger partial charge in [-0.1, -0.05) is 48.6 Å². The number of fused-ring (bicyclic) bond motifs is 1. The molecule has 0 bridgehead atoms. The summed E-state index contributed by atoms with van der Waals surface area (Å²) in [4.78, 5) is 73.2. The minimum atomic E-state index is -0.271. The monoisotopic (exact) mass is 892 g/mol. The average molecular weight is 893 g/mol. The van der Waals surface area contributed by atoms with Gasteiger partial charge in [-0.05, 0) is 87.1 Å². The van der Waals surface area contributed by atoms with Crippen molar-refractivity contribution in [1.82, 2.24) is 30.0 Å². The molecule has 15 nitrogen and oxygen atoms in total. The smallest absolute Gasteiger partial charge is 0.305 e. The lowest BCUT2D eigenvalue weighted by Crippen LogP contribution is -2.58. The van der Waals surface area contributed by atoms with Gasteiger partial charge in [0.05, 0.1) is 54.7 Å². The van der Waals surface area contributed by atoms with E-state index in [1.165, 1.54) is 11.1 Å². The number of aryl methyl sites for hydroxylation is 1. The predicted molar refractivity (Wildman–Crippen MR) is 239 cm³/mol. The Balaban J connectivity index is 0.864. The number of benzene rings is 2. The fourth-order valence-electron chi connectivity index (χ4n) is 8.05. The van der Waals surface area contributed by atoms with E-state index < -0.39 is 0 Å². The molecule has 2 fully saturated rings. The highest BCUT2D eigenvalue weighted by molar-refractivity contribution is 7.16. The highest BCUT2D eigenvalue weighted by atomic mass is 32.1. The summed E-state index contributed by atoms with van der Waals surface area (Å²) in [5.74, 6) is 0.378. The quantitative estimate of drug-likeness (QED) is 0.0662. The number of hydrogen-bond acceptors (Lipinski definition) is 14. The van der Waals surface area contributed by atoms with Crippen molar-refractivity contribution in [2.45, 2.75) is 76.7 Å². The molecule has 4 heterocycles. The Morgan fingerprint density at radius 1 is 0.952 bits per heavy atom. The van der Waals surface area contributed by atoms with Crippen molar-refractivity contribution in [3.8, 4) is 5.75 Å². The van der Waals surface area contributed by atoms with Crippen LogP contribution < -0.4 is 14.9 Å². The van der Waals surface area contributed by atoms with E-state index in [2.05, 4.69) is 51.4 Å². The number of thiazole rings is 2. The topological polar surface area (TPSA) is 173 Å². The maximum Gasteiger partial charge on any atom is 0.305 e. The maximum absolute atomic E-state index is 13.3. The first-order valence-corrected chi connectivity index (χ1v) is 23.5. The molecule has 2 amide bonds. The van der Waals surface area contributed by atoms with Crippen LogP contribution in [0.3, 0.4) is 0 Å². The van der Waals surface area contributed by atoms with Gasteiger partial charge in [0.1, 0.15) is 11.2 Å². The van der Waals surface area contributed by atoms with Crippen LogP contribution in [0.1, 0.15) is 77.6 Å². The lowest BCUT2D eigenvalue weighted by atomic mass is 9.89. The van der Waals surface area contributed by atoms with Crippen LogP contribution in [-0.2, 0) is 54.3 Å². The molecule has 2 saturated heterocycles. The van der Waals surface area contributed by atoms with Gasteiger partial charge in [-0.3, -0.25) is 24.0 Å². The Labute approximate surface area is 371 Å². The van der Waals surface area contributed by atoms with E-state index in [1.807, 2.05) is 21.2 Å². The molecule has 0 aliphatic carbocycles. The largest absolute Gasteiger partial charge is 0.468 e. The molecule has 0 radical (unpaired) electrons. The molecule has 0 atom stereocenters. The number of hydrogen-bond donors (Lipinski definition) is 2. The van der Waals surface area contributed by atoms with Crippen molar-refractivity contribution >= 4 is 57.6 Å². The normalized spacial score (nSPS) is 15.2. The van der Waals surface area contributed by atoms with Crippen molar-refractivity contribution < 1.29 is 38.1 Å². The molecule has 62 heavy (non-hydrogen) atoms. The SMILES string of the molecule is CCc1nc(C(=O)N2CCOC3(CCN(CCc4ccc(CCOCCC(=O)N(CCCCCOC=O)CCNCCc5ccc(OC=O)c6[nH]c(=O)sc56)cc4)CC3)C2)cs1. The number of ether oxygens (including phenoxy) is 4. The number of carbonyl (C=O) groups is 4. The Morgan fingerprint density at radius 3 is 2.52 bits per heavy atom. The number of H-pyrrole nitrogens is 1. The summed E-state index contributed by atoms with van der Waals surface area (Å²) in [6.45, 7) is 11.2. The molecule has 2 aromatic carbocycles. The zero-order valence-corrected chi connectivity index (χ0v) is 37.4. The molecular weight excluding hydrogens is 833 g/mol. The molecule has 4 aromatic rings. The lowest BCUT2D eigenvalue weighted by molar-refractivity contribution is -0.132. The van der Waals surface area contributed by atoms with Crippen LogP contribution in [0.5, 0.6) is 5.75 Å². The summed E-state index contributed by atoms with van der Waals surface area (Å²) < 4.78 is 22.8. The van der Waals surface area contributed by atoms with Gasteiger partial charge in [0, 0.05) is 51.2 Å². The molecule has 2 N–H and O–H groups in total. The summed E-state index contributed by atoms with van der Waals surface area (Å²) >= 11 is 2.64. The first-order chi connectivity index (χ1) is 30.3. The van der Waals surface area contributed by atoms with Crippen LogP contribution in [0, 0.1) is 0 Å². The number of nitrogens with zero attached hydrogens (tertiary/aromatic N) is 4. The average Bonchev–Trinajstić information content (AvgIpc) is 3.94. The minimum Gasteiger partial charge on any atom is -0.468 e. The summed E-state index contributed by atoms with van der Waals surface area (Å²) in [6.07, 6.45) is 7.73. The number of aromatic nitrogens is 2. The maximum atomic E-state index is 13.3. The first-order valence-electron chi connectivity index (χ1n) is 21.8. The number of rotatable bonds is 26. The van der Waals surface area contributed by atoms with Crippen molar-refractivity contribution in [2.24, 2.45) is 0 Å². The van der Waals surface area contributed by atoms with E-state index in [4.69, 9.17) is 18.9 Å².